The predicted octanol–water partition coefficient (Wildman–Crippen LogP) is 4.51. The first kappa shape index (κ1) is 14.8. The number of benzene rings is 2. The van der Waals surface area contributed by atoms with Crippen molar-refractivity contribution in [1.29, 1.82) is 0 Å². The van der Waals surface area contributed by atoms with Gasteiger partial charge in [0.05, 0.1) is 10.7 Å². The predicted molar refractivity (Wildman–Crippen MR) is 79.9 cm³/mol. The summed E-state index contributed by atoms with van der Waals surface area (Å²) in [6.45, 7) is 1.63. The molecule has 6 heteroatoms. The van der Waals surface area contributed by atoms with Crippen molar-refractivity contribution in [3.8, 4) is 5.75 Å². The molecule has 0 atom stereocenters. The third-order valence-electron chi connectivity index (χ3n) is 2.80. The Morgan fingerprint density at radius 1 is 1.40 bits per heavy atom. The first-order chi connectivity index (χ1) is 9.40. The van der Waals surface area contributed by atoms with Gasteiger partial charge in [0.1, 0.15) is 11.6 Å². The van der Waals surface area contributed by atoms with Crippen LogP contribution in [0.3, 0.4) is 0 Å². The second-order valence-corrected chi connectivity index (χ2v) is 5.41. The van der Waals surface area contributed by atoms with Crippen molar-refractivity contribution in [3.05, 3.63) is 56.8 Å². The fourth-order valence-corrected chi connectivity index (χ4v) is 2.61. The molecular formula is C14H10BrClFNO2. The normalized spacial score (nSPS) is 10.4. The summed E-state index contributed by atoms with van der Waals surface area (Å²) >= 11 is 9.05. The molecule has 2 rings (SSSR count). The number of halogens is 3. The van der Waals surface area contributed by atoms with Crippen molar-refractivity contribution in [1.82, 2.24) is 0 Å². The highest BCUT2D eigenvalue weighted by Crippen LogP contribution is 2.32. The standard InChI is InChI=1S/C14H10BrClFNO2/c1-7-9(3-2-4-12(7)19)14(20)18-13-10(15)5-8(17)6-11(13)16/h2-6,19H,1H3,(H,18,20). The fourth-order valence-electron chi connectivity index (χ4n) is 1.71. The highest BCUT2D eigenvalue weighted by molar-refractivity contribution is 9.10. The highest BCUT2D eigenvalue weighted by atomic mass is 79.9. The van der Waals surface area contributed by atoms with Crippen molar-refractivity contribution in [3.63, 3.8) is 0 Å². The van der Waals surface area contributed by atoms with Crippen LogP contribution in [-0.2, 0) is 0 Å². The van der Waals surface area contributed by atoms with Gasteiger partial charge in [-0.15, -0.1) is 0 Å². The zero-order valence-electron chi connectivity index (χ0n) is 10.4. The molecule has 2 aromatic rings. The maximum absolute atomic E-state index is 13.1. The first-order valence-corrected chi connectivity index (χ1v) is 6.81. The lowest BCUT2D eigenvalue weighted by Gasteiger charge is -2.11. The molecule has 0 radical (unpaired) electrons. The maximum atomic E-state index is 13.1. The smallest absolute Gasteiger partial charge is 0.256 e. The van der Waals surface area contributed by atoms with Crippen LogP contribution in [0.2, 0.25) is 5.02 Å². The number of rotatable bonds is 2. The van der Waals surface area contributed by atoms with Crippen LogP contribution in [0.4, 0.5) is 10.1 Å². The van der Waals surface area contributed by atoms with Crippen LogP contribution in [0.15, 0.2) is 34.8 Å². The number of carbonyl (C=O) groups excluding carboxylic acids is 1. The van der Waals surface area contributed by atoms with Gasteiger partial charge in [-0.3, -0.25) is 4.79 Å². The fraction of sp³-hybridized carbons (Fsp3) is 0.0714. The van der Waals surface area contributed by atoms with E-state index in [1.807, 2.05) is 0 Å². The molecule has 0 saturated heterocycles. The average molecular weight is 359 g/mol. The van der Waals surface area contributed by atoms with Crippen molar-refractivity contribution < 1.29 is 14.3 Å². The Morgan fingerprint density at radius 2 is 2.10 bits per heavy atom. The summed E-state index contributed by atoms with van der Waals surface area (Å²) in [5.74, 6) is -0.914. The van der Waals surface area contributed by atoms with Gasteiger partial charge in [-0.05, 0) is 47.1 Å². The van der Waals surface area contributed by atoms with Crippen LogP contribution >= 0.6 is 27.5 Å². The quantitative estimate of drug-likeness (QED) is 0.830. The van der Waals surface area contributed by atoms with Crippen molar-refractivity contribution in [2.24, 2.45) is 0 Å². The molecule has 0 spiro atoms. The summed E-state index contributed by atoms with van der Waals surface area (Å²) in [7, 11) is 0. The van der Waals surface area contributed by atoms with E-state index >= 15 is 0 Å². The number of phenolic OH excluding ortho intramolecular Hbond substituents is 1. The Labute approximate surface area is 128 Å². The molecule has 0 heterocycles. The van der Waals surface area contributed by atoms with E-state index in [0.29, 0.717) is 15.6 Å². The van der Waals surface area contributed by atoms with E-state index in [-0.39, 0.29) is 16.5 Å². The molecule has 0 unspecified atom stereocenters. The molecule has 2 N–H and O–H groups in total. The van der Waals surface area contributed by atoms with Gasteiger partial charge in [-0.2, -0.15) is 0 Å². The van der Waals surface area contributed by atoms with Gasteiger partial charge < -0.3 is 10.4 Å². The first-order valence-electron chi connectivity index (χ1n) is 5.64. The van der Waals surface area contributed by atoms with Crippen molar-refractivity contribution >= 4 is 39.1 Å². The summed E-state index contributed by atoms with van der Waals surface area (Å²) in [5, 5.41) is 12.3. The number of amides is 1. The Morgan fingerprint density at radius 3 is 2.75 bits per heavy atom. The maximum Gasteiger partial charge on any atom is 0.256 e. The number of hydrogen-bond donors (Lipinski definition) is 2. The third kappa shape index (κ3) is 2.94. The molecule has 0 bridgehead atoms. The minimum atomic E-state index is -0.506. The monoisotopic (exact) mass is 357 g/mol. The lowest BCUT2D eigenvalue weighted by Crippen LogP contribution is -2.14. The summed E-state index contributed by atoms with van der Waals surface area (Å²) < 4.78 is 13.5. The van der Waals surface area contributed by atoms with Gasteiger partial charge in [0, 0.05) is 15.6 Å². The Kier molecular flexibility index (Phi) is 4.30. The van der Waals surface area contributed by atoms with E-state index in [0.717, 1.165) is 6.07 Å². The van der Waals surface area contributed by atoms with E-state index in [1.165, 1.54) is 12.1 Å². The molecule has 20 heavy (non-hydrogen) atoms. The lowest BCUT2D eigenvalue weighted by molar-refractivity contribution is 0.102. The number of anilines is 1. The zero-order valence-corrected chi connectivity index (χ0v) is 12.7. The molecular weight excluding hydrogens is 349 g/mol. The van der Waals surface area contributed by atoms with Crippen LogP contribution in [0.25, 0.3) is 0 Å². The molecule has 104 valence electrons. The number of aromatic hydroxyl groups is 1. The summed E-state index contributed by atoms with van der Waals surface area (Å²) in [4.78, 5) is 12.2. The summed E-state index contributed by atoms with van der Waals surface area (Å²) in [6.07, 6.45) is 0. The average Bonchev–Trinajstić information content (AvgIpc) is 2.36. The van der Waals surface area contributed by atoms with E-state index in [2.05, 4.69) is 21.2 Å². The third-order valence-corrected chi connectivity index (χ3v) is 3.72. The van der Waals surface area contributed by atoms with E-state index in [9.17, 15) is 14.3 Å². The second-order valence-electron chi connectivity index (χ2n) is 4.15. The molecule has 0 aliphatic heterocycles. The van der Waals surface area contributed by atoms with E-state index in [1.54, 1.807) is 19.1 Å². The summed E-state index contributed by atoms with van der Waals surface area (Å²) in [6, 6.07) is 6.95. The van der Waals surface area contributed by atoms with Crippen LogP contribution in [-0.4, -0.2) is 11.0 Å². The van der Waals surface area contributed by atoms with E-state index < -0.39 is 11.7 Å². The minimum absolute atomic E-state index is 0.0296. The molecule has 0 saturated carbocycles. The van der Waals surface area contributed by atoms with Crippen molar-refractivity contribution in [2.45, 2.75) is 6.92 Å². The molecule has 0 fully saturated rings. The number of carbonyl (C=O) groups is 1. The van der Waals surface area contributed by atoms with Gasteiger partial charge in [-0.25, -0.2) is 4.39 Å². The number of hydrogen-bond acceptors (Lipinski definition) is 2. The van der Waals surface area contributed by atoms with Gasteiger partial charge in [-0.1, -0.05) is 17.7 Å². The molecule has 0 aliphatic rings. The molecule has 0 aromatic heterocycles. The SMILES string of the molecule is Cc1c(O)cccc1C(=O)Nc1c(Cl)cc(F)cc1Br. The topological polar surface area (TPSA) is 49.3 Å². The van der Waals surface area contributed by atoms with Crippen LogP contribution < -0.4 is 5.32 Å². The lowest BCUT2D eigenvalue weighted by atomic mass is 10.1. The van der Waals surface area contributed by atoms with Gasteiger partial charge in [0.25, 0.3) is 5.91 Å². The van der Waals surface area contributed by atoms with Crippen LogP contribution in [0, 0.1) is 12.7 Å². The molecule has 0 aliphatic carbocycles. The van der Waals surface area contributed by atoms with Crippen LogP contribution in [0.1, 0.15) is 15.9 Å². The van der Waals surface area contributed by atoms with E-state index in [4.69, 9.17) is 11.6 Å². The largest absolute Gasteiger partial charge is 0.508 e. The Bertz CT molecular complexity index is 668. The molecule has 1 amide bonds. The molecule has 3 nitrogen and oxygen atoms in total. The summed E-state index contributed by atoms with van der Waals surface area (Å²) in [5.41, 5.74) is 1.05. The van der Waals surface area contributed by atoms with Gasteiger partial charge in [0.15, 0.2) is 0 Å². The minimum Gasteiger partial charge on any atom is -0.508 e. The Hall–Kier alpha value is -1.59. The van der Waals surface area contributed by atoms with Gasteiger partial charge in [0.2, 0.25) is 0 Å². The highest BCUT2D eigenvalue weighted by Gasteiger charge is 2.15. The zero-order chi connectivity index (χ0) is 14.9. The van der Waals surface area contributed by atoms with Gasteiger partial charge >= 0.3 is 0 Å². The van der Waals surface area contributed by atoms with Crippen molar-refractivity contribution in [2.75, 3.05) is 5.32 Å². The number of phenols is 1. The molecule has 2 aromatic carbocycles. The van der Waals surface area contributed by atoms with Crippen LogP contribution in [0.5, 0.6) is 5.75 Å². The number of nitrogens with one attached hydrogen (secondary N) is 1. The second kappa shape index (κ2) is 5.81. The Balaban J connectivity index is 2.36.